The normalized spacial score (nSPS) is 19.1. The minimum absolute atomic E-state index is 0.0801. The molecule has 1 saturated carbocycles. The highest BCUT2D eigenvalue weighted by atomic mass is 16.2. The molecular formula is C16H29N5O. The fraction of sp³-hybridized carbons (Fsp3) is 0.875. The van der Waals surface area contributed by atoms with Gasteiger partial charge in [-0.1, -0.05) is 46.0 Å². The standard InChI is InChI=1S/C16H29N5O/c1-13(2)8-7-9-14(3)18-15(22)16(10-5-4-6-11-16)21-12-17-19-20-21/h12-14H,4-11H2,1-3H3,(H,18,22)/t14-/m0/s1. The van der Waals surface area contributed by atoms with E-state index >= 15 is 0 Å². The van der Waals surface area contributed by atoms with E-state index in [0.717, 1.165) is 38.5 Å². The van der Waals surface area contributed by atoms with E-state index in [9.17, 15) is 4.79 Å². The molecule has 1 amide bonds. The molecule has 0 aliphatic heterocycles. The summed E-state index contributed by atoms with van der Waals surface area (Å²) >= 11 is 0. The van der Waals surface area contributed by atoms with Crippen LogP contribution in [0.3, 0.4) is 0 Å². The number of nitrogens with zero attached hydrogens (tertiary/aromatic N) is 4. The van der Waals surface area contributed by atoms with Crippen LogP contribution >= 0.6 is 0 Å². The summed E-state index contributed by atoms with van der Waals surface area (Å²) in [4.78, 5) is 12.9. The second kappa shape index (κ2) is 7.70. The average molecular weight is 307 g/mol. The van der Waals surface area contributed by atoms with Crippen LogP contribution in [0, 0.1) is 5.92 Å². The van der Waals surface area contributed by atoms with Gasteiger partial charge in [0.25, 0.3) is 0 Å². The lowest BCUT2D eigenvalue weighted by atomic mass is 9.80. The van der Waals surface area contributed by atoms with E-state index in [0.29, 0.717) is 5.92 Å². The zero-order valence-corrected chi connectivity index (χ0v) is 14.1. The van der Waals surface area contributed by atoms with Crippen molar-refractivity contribution in [3.05, 3.63) is 6.33 Å². The van der Waals surface area contributed by atoms with Crippen molar-refractivity contribution in [1.29, 1.82) is 0 Å². The summed E-state index contributed by atoms with van der Waals surface area (Å²) in [5.41, 5.74) is -0.589. The molecule has 1 aromatic heterocycles. The zero-order valence-electron chi connectivity index (χ0n) is 14.1. The van der Waals surface area contributed by atoms with Crippen molar-refractivity contribution >= 4 is 5.91 Å². The summed E-state index contributed by atoms with van der Waals surface area (Å²) < 4.78 is 1.67. The van der Waals surface area contributed by atoms with Crippen LogP contribution in [0.1, 0.15) is 72.1 Å². The molecule has 0 unspecified atom stereocenters. The molecule has 2 rings (SSSR count). The van der Waals surface area contributed by atoms with Crippen LogP contribution in [-0.2, 0) is 10.3 Å². The highest BCUT2D eigenvalue weighted by Gasteiger charge is 2.42. The van der Waals surface area contributed by atoms with Crippen LogP contribution in [0.4, 0.5) is 0 Å². The van der Waals surface area contributed by atoms with E-state index in [2.05, 4.69) is 41.6 Å². The molecule has 1 heterocycles. The second-order valence-corrected chi connectivity index (χ2v) is 7.05. The Balaban J connectivity index is 1.98. The van der Waals surface area contributed by atoms with E-state index in [1.807, 2.05) is 0 Å². The van der Waals surface area contributed by atoms with Gasteiger partial charge in [0.05, 0.1) is 0 Å². The Labute approximate surface area is 133 Å². The van der Waals surface area contributed by atoms with Crippen molar-refractivity contribution in [2.24, 2.45) is 5.92 Å². The molecule has 1 fully saturated rings. The largest absolute Gasteiger partial charge is 0.352 e. The zero-order chi connectivity index (χ0) is 16.0. The first kappa shape index (κ1) is 16.9. The van der Waals surface area contributed by atoms with Crippen molar-refractivity contribution in [3.8, 4) is 0 Å². The van der Waals surface area contributed by atoms with Crippen molar-refractivity contribution in [2.45, 2.75) is 83.7 Å². The van der Waals surface area contributed by atoms with Crippen LogP contribution in [0.2, 0.25) is 0 Å². The molecule has 1 aliphatic rings. The van der Waals surface area contributed by atoms with Crippen LogP contribution in [0.5, 0.6) is 0 Å². The topological polar surface area (TPSA) is 72.7 Å². The van der Waals surface area contributed by atoms with Gasteiger partial charge in [0.15, 0.2) is 0 Å². The Morgan fingerprint density at radius 1 is 1.23 bits per heavy atom. The van der Waals surface area contributed by atoms with Gasteiger partial charge < -0.3 is 5.32 Å². The summed E-state index contributed by atoms with van der Waals surface area (Å²) in [5, 5.41) is 14.7. The summed E-state index contributed by atoms with van der Waals surface area (Å²) in [6, 6.07) is 0.196. The minimum Gasteiger partial charge on any atom is -0.352 e. The smallest absolute Gasteiger partial charge is 0.248 e. The lowest BCUT2D eigenvalue weighted by Gasteiger charge is -2.36. The lowest BCUT2D eigenvalue weighted by Crippen LogP contribution is -2.52. The SMILES string of the molecule is CC(C)CCC[C@H](C)NC(=O)C1(n2cnnn2)CCCCC1. The van der Waals surface area contributed by atoms with E-state index < -0.39 is 5.54 Å². The Kier molecular flexibility index (Phi) is 5.91. The molecule has 1 N–H and O–H groups in total. The van der Waals surface area contributed by atoms with Gasteiger partial charge in [0, 0.05) is 6.04 Å². The number of carbonyl (C=O) groups excluding carboxylic acids is 1. The Bertz CT molecular complexity index is 451. The minimum atomic E-state index is -0.589. The molecule has 6 nitrogen and oxygen atoms in total. The highest BCUT2D eigenvalue weighted by molar-refractivity contribution is 5.84. The Hall–Kier alpha value is -1.46. The first-order chi connectivity index (χ1) is 10.5. The molecule has 22 heavy (non-hydrogen) atoms. The first-order valence-electron chi connectivity index (χ1n) is 8.59. The molecule has 124 valence electrons. The van der Waals surface area contributed by atoms with Gasteiger partial charge in [-0.3, -0.25) is 4.79 Å². The summed E-state index contributed by atoms with van der Waals surface area (Å²) in [7, 11) is 0. The maximum absolute atomic E-state index is 12.9. The van der Waals surface area contributed by atoms with Crippen LogP contribution < -0.4 is 5.32 Å². The van der Waals surface area contributed by atoms with Gasteiger partial charge in [-0.2, -0.15) is 0 Å². The van der Waals surface area contributed by atoms with E-state index in [4.69, 9.17) is 0 Å². The fourth-order valence-corrected chi connectivity index (χ4v) is 3.32. The van der Waals surface area contributed by atoms with Crippen molar-refractivity contribution in [3.63, 3.8) is 0 Å². The van der Waals surface area contributed by atoms with Crippen LogP contribution in [0.25, 0.3) is 0 Å². The number of rotatable bonds is 7. The maximum Gasteiger partial charge on any atom is 0.248 e. The molecule has 0 aromatic carbocycles. The molecule has 0 radical (unpaired) electrons. The molecule has 6 heteroatoms. The van der Waals surface area contributed by atoms with E-state index in [1.165, 1.54) is 12.8 Å². The van der Waals surface area contributed by atoms with Crippen molar-refractivity contribution in [1.82, 2.24) is 25.5 Å². The number of hydrogen-bond donors (Lipinski definition) is 1. The summed E-state index contributed by atoms with van der Waals surface area (Å²) in [6.07, 6.45) is 9.88. The fourth-order valence-electron chi connectivity index (χ4n) is 3.32. The van der Waals surface area contributed by atoms with Gasteiger partial charge in [-0.25, -0.2) is 4.68 Å². The van der Waals surface area contributed by atoms with E-state index in [1.54, 1.807) is 11.0 Å². The summed E-state index contributed by atoms with van der Waals surface area (Å²) in [6.45, 7) is 6.56. The molecule has 0 bridgehead atoms. The number of carbonyl (C=O) groups is 1. The Morgan fingerprint density at radius 3 is 2.55 bits per heavy atom. The van der Waals surface area contributed by atoms with E-state index in [-0.39, 0.29) is 11.9 Å². The van der Waals surface area contributed by atoms with Gasteiger partial charge >= 0.3 is 0 Å². The highest BCUT2D eigenvalue weighted by Crippen LogP contribution is 2.34. The van der Waals surface area contributed by atoms with Gasteiger partial charge in [0.2, 0.25) is 5.91 Å². The maximum atomic E-state index is 12.9. The predicted molar refractivity (Wildman–Crippen MR) is 85.2 cm³/mol. The molecule has 1 atom stereocenters. The third kappa shape index (κ3) is 4.05. The van der Waals surface area contributed by atoms with Gasteiger partial charge in [-0.05, 0) is 42.5 Å². The molecule has 0 spiro atoms. The number of amides is 1. The molecule has 1 aliphatic carbocycles. The molecule has 1 aromatic rings. The van der Waals surface area contributed by atoms with Crippen molar-refractivity contribution in [2.75, 3.05) is 0 Å². The quantitative estimate of drug-likeness (QED) is 0.840. The third-order valence-corrected chi connectivity index (χ3v) is 4.69. The predicted octanol–water partition coefficient (Wildman–Crippen LogP) is 2.66. The molecule has 0 saturated heterocycles. The van der Waals surface area contributed by atoms with Gasteiger partial charge in [0.1, 0.15) is 11.9 Å². The second-order valence-electron chi connectivity index (χ2n) is 7.05. The average Bonchev–Trinajstić information content (AvgIpc) is 3.02. The number of hydrogen-bond acceptors (Lipinski definition) is 4. The number of aromatic nitrogens is 4. The molecular weight excluding hydrogens is 278 g/mol. The van der Waals surface area contributed by atoms with Gasteiger partial charge in [-0.15, -0.1) is 5.10 Å². The number of tetrazole rings is 1. The monoisotopic (exact) mass is 307 g/mol. The summed E-state index contributed by atoms with van der Waals surface area (Å²) in [5.74, 6) is 0.797. The van der Waals surface area contributed by atoms with Crippen molar-refractivity contribution < 1.29 is 4.79 Å². The Morgan fingerprint density at radius 2 is 1.95 bits per heavy atom. The third-order valence-electron chi connectivity index (χ3n) is 4.69. The lowest BCUT2D eigenvalue weighted by molar-refractivity contribution is -0.133. The van der Waals surface area contributed by atoms with Crippen LogP contribution in [0.15, 0.2) is 6.33 Å². The first-order valence-corrected chi connectivity index (χ1v) is 8.59. The van der Waals surface area contributed by atoms with Crippen LogP contribution in [-0.4, -0.2) is 32.2 Å². The number of nitrogens with one attached hydrogen (secondary N) is 1.